The van der Waals surface area contributed by atoms with Crippen molar-refractivity contribution in [3.05, 3.63) is 24.0 Å². The maximum atomic E-state index is 5.86. The molecule has 1 unspecified atom stereocenters. The Hall–Kier alpha value is -0.630. The van der Waals surface area contributed by atoms with Crippen LogP contribution >= 0.6 is 11.6 Å². The first-order valence-corrected chi connectivity index (χ1v) is 3.61. The molecule has 3 heteroatoms. The van der Waals surface area contributed by atoms with Gasteiger partial charge in [-0.3, -0.25) is 0 Å². The Balaban J connectivity index is 2.71. The Morgan fingerprint density at radius 1 is 1.70 bits per heavy atom. The van der Waals surface area contributed by atoms with Crippen molar-refractivity contribution in [2.45, 2.75) is 12.5 Å². The van der Waals surface area contributed by atoms with Crippen LogP contribution in [-0.2, 0) is 0 Å². The van der Waals surface area contributed by atoms with E-state index < -0.39 is 0 Å². The van der Waals surface area contributed by atoms with Crippen LogP contribution in [0.4, 0.5) is 0 Å². The Bertz CT molecular complexity index is 174. The Morgan fingerprint density at radius 3 is 3.10 bits per heavy atom. The number of nitrogens with zero attached hydrogens (tertiary/aromatic N) is 1. The summed E-state index contributed by atoms with van der Waals surface area (Å²) in [5.74, 6) is 0. The molecule has 0 aliphatic carbocycles. The lowest BCUT2D eigenvalue weighted by atomic mass is 10.3. The first kappa shape index (κ1) is 7.48. The number of halogens is 1. The largest absolute Gasteiger partial charge is 0.359 e. The van der Waals surface area contributed by atoms with Gasteiger partial charge in [-0.2, -0.15) is 0 Å². The fourth-order valence-electron chi connectivity index (χ4n) is 0.806. The molecule has 0 amide bonds. The SMILES string of the molecule is CC1=CN(C)C(Cl)NC=C1. The standard InChI is InChI=1S/C7H11ClN2/c1-6-3-4-9-7(8)10(2)5-6/h3-5,7,9H,1-2H3. The van der Waals surface area contributed by atoms with E-state index in [1.54, 1.807) is 0 Å². The molecule has 0 radical (unpaired) electrons. The molecule has 0 saturated carbocycles. The van der Waals surface area contributed by atoms with Crippen LogP contribution in [0.15, 0.2) is 24.0 Å². The van der Waals surface area contributed by atoms with E-state index in [2.05, 4.69) is 5.32 Å². The topological polar surface area (TPSA) is 15.3 Å². The number of allylic oxidation sites excluding steroid dienone is 2. The Labute approximate surface area is 66.2 Å². The molecule has 1 heterocycles. The van der Waals surface area contributed by atoms with Gasteiger partial charge in [0.1, 0.15) is 0 Å². The summed E-state index contributed by atoms with van der Waals surface area (Å²) >= 11 is 5.86. The molecule has 0 bridgehead atoms. The molecule has 0 aromatic rings. The molecule has 1 N–H and O–H groups in total. The third-order valence-electron chi connectivity index (χ3n) is 1.34. The number of rotatable bonds is 0. The molecule has 10 heavy (non-hydrogen) atoms. The van der Waals surface area contributed by atoms with E-state index in [4.69, 9.17) is 11.6 Å². The lowest BCUT2D eigenvalue weighted by Gasteiger charge is -2.19. The first-order valence-electron chi connectivity index (χ1n) is 3.17. The van der Waals surface area contributed by atoms with Crippen molar-refractivity contribution in [2.75, 3.05) is 7.05 Å². The predicted molar refractivity (Wildman–Crippen MR) is 43.4 cm³/mol. The molecule has 1 aliphatic heterocycles. The highest BCUT2D eigenvalue weighted by atomic mass is 35.5. The molecule has 1 atom stereocenters. The van der Waals surface area contributed by atoms with E-state index in [1.165, 1.54) is 5.57 Å². The summed E-state index contributed by atoms with van der Waals surface area (Å²) in [6, 6.07) is 0. The van der Waals surface area contributed by atoms with Crippen molar-refractivity contribution in [3.63, 3.8) is 0 Å². The average Bonchev–Trinajstić information content (AvgIpc) is 1.96. The number of alkyl halides is 1. The zero-order valence-corrected chi connectivity index (χ0v) is 6.89. The average molecular weight is 159 g/mol. The van der Waals surface area contributed by atoms with E-state index in [0.717, 1.165) is 0 Å². The summed E-state index contributed by atoms with van der Waals surface area (Å²) in [7, 11) is 1.93. The summed E-state index contributed by atoms with van der Waals surface area (Å²) in [4.78, 5) is 1.91. The van der Waals surface area contributed by atoms with Crippen molar-refractivity contribution in [1.82, 2.24) is 10.2 Å². The van der Waals surface area contributed by atoms with Gasteiger partial charge in [0.05, 0.1) is 0 Å². The van der Waals surface area contributed by atoms with Gasteiger partial charge in [-0.1, -0.05) is 11.6 Å². The van der Waals surface area contributed by atoms with Gasteiger partial charge < -0.3 is 10.2 Å². The first-order chi connectivity index (χ1) is 4.70. The maximum absolute atomic E-state index is 5.86. The molecular formula is C7H11ClN2. The van der Waals surface area contributed by atoms with Crippen molar-refractivity contribution in [3.8, 4) is 0 Å². The molecule has 0 saturated heterocycles. The van der Waals surface area contributed by atoms with E-state index in [1.807, 2.05) is 37.3 Å². The highest BCUT2D eigenvalue weighted by Gasteiger charge is 2.06. The van der Waals surface area contributed by atoms with Gasteiger partial charge >= 0.3 is 0 Å². The fourth-order valence-corrected chi connectivity index (χ4v) is 0.935. The van der Waals surface area contributed by atoms with Crippen LogP contribution in [0.3, 0.4) is 0 Å². The van der Waals surface area contributed by atoms with Gasteiger partial charge in [-0.05, 0) is 24.8 Å². The lowest BCUT2D eigenvalue weighted by molar-refractivity contribution is 0.394. The van der Waals surface area contributed by atoms with Crippen LogP contribution in [0.5, 0.6) is 0 Å². The fraction of sp³-hybridized carbons (Fsp3) is 0.429. The molecule has 0 aromatic carbocycles. The van der Waals surface area contributed by atoms with E-state index >= 15 is 0 Å². The minimum Gasteiger partial charge on any atom is -0.359 e. The quantitative estimate of drug-likeness (QED) is 0.424. The molecule has 56 valence electrons. The zero-order chi connectivity index (χ0) is 7.56. The molecule has 2 nitrogen and oxygen atoms in total. The maximum Gasteiger partial charge on any atom is 0.176 e. The van der Waals surface area contributed by atoms with Crippen molar-refractivity contribution < 1.29 is 0 Å². The summed E-state index contributed by atoms with van der Waals surface area (Å²) in [6.45, 7) is 2.03. The van der Waals surface area contributed by atoms with Crippen LogP contribution in [0.1, 0.15) is 6.92 Å². The van der Waals surface area contributed by atoms with Crippen LogP contribution in [0.25, 0.3) is 0 Å². The van der Waals surface area contributed by atoms with Crippen LogP contribution in [-0.4, -0.2) is 17.6 Å². The normalized spacial score (nSPS) is 25.3. The summed E-state index contributed by atoms with van der Waals surface area (Å²) in [6.07, 6.45) is 5.83. The smallest absolute Gasteiger partial charge is 0.176 e. The van der Waals surface area contributed by atoms with E-state index in [9.17, 15) is 0 Å². The third-order valence-corrected chi connectivity index (χ3v) is 1.78. The van der Waals surface area contributed by atoms with Crippen molar-refractivity contribution >= 4 is 11.6 Å². The third kappa shape index (κ3) is 1.67. The van der Waals surface area contributed by atoms with Gasteiger partial charge in [0, 0.05) is 13.2 Å². The molecule has 1 aliphatic rings. The monoisotopic (exact) mass is 158 g/mol. The van der Waals surface area contributed by atoms with Gasteiger partial charge in [-0.15, -0.1) is 0 Å². The predicted octanol–water partition coefficient (Wildman–Crippen LogP) is 1.46. The Kier molecular flexibility index (Phi) is 2.22. The van der Waals surface area contributed by atoms with E-state index in [0.29, 0.717) is 0 Å². The van der Waals surface area contributed by atoms with Gasteiger partial charge in [0.25, 0.3) is 0 Å². The highest BCUT2D eigenvalue weighted by molar-refractivity contribution is 6.20. The number of nitrogens with one attached hydrogen (secondary N) is 1. The minimum atomic E-state index is -0.131. The summed E-state index contributed by atoms with van der Waals surface area (Å²) in [5, 5.41) is 2.98. The van der Waals surface area contributed by atoms with Crippen molar-refractivity contribution in [1.29, 1.82) is 0 Å². The summed E-state index contributed by atoms with van der Waals surface area (Å²) in [5.41, 5.74) is 1.06. The molecule has 1 rings (SSSR count). The second-order valence-corrected chi connectivity index (χ2v) is 2.79. The lowest BCUT2D eigenvalue weighted by Crippen LogP contribution is -2.31. The zero-order valence-electron chi connectivity index (χ0n) is 6.13. The van der Waals surface area contributed by atoms with Crippen molar-refractivity contribution in [2.24, 2.45) is 0 Å². The van der Waals surface area contributed by atoms with Crippen LogP contribution < -0.4 is 5.32 Å². The second-order valence-electron chi connectivity index (χ2n) is 2.37. The minimum absolute atomic E-state index is 0.131. The van der Waals surface area contributed by atoms with Gasteiger partial charge in [0.2, 0.25) is 0 Å². The Morgan fingerprint density at radius 2 is 2.40 bits per heavy atom. The highest BCUT2D eigenvalue weighted by Crippen LogP contribution is 2.06. The number of hydrogen-bond acceptors (Lipinski definition) is 2. The van der Waals surface area contributed by atoms with Gasteiger partial charge in [-0.25, -0.2) is 0 Å². The molecular weight excluding hydrogens is 148 g/mol. The molecule has 0 aromatic heterocycles. The van der Waals surface area contributed by atoms with Gasteiger partial charge in [0.15, 0.2) is 5.62 Å². The number of hydrogen-bond donors (Lipinski definition) is 1. The molecule has 0 fully saturated rings. The van der Waals surface area contributed by atoms with Crippen LogP contribution in [0.2, 0.25) is 0 Å². The molecule has 0 spiro atoms. The van der Waals surface area contributed by atoms with Crippen LogP contribution in [0, 0.1) is 0 Å². The van der Waals surface area contributed by atoms with E-state index in [-0.39, 0.29) is 5.62 Å². The summed E-state index contributed by atoms with van der Waals surface area (Å²) < 4.78 is 0. The second kappa shape index (κ2) is 2.97.